The van der Waals surface area contributed by atoms with Crippen molar-refractivity contribution in [3.05, 3.63) is 48.0 Å². The van der Waals surface area contributed by atoms with E-state index in [0.717, 1.165) is 17.9 Å². The third-order valence-corrected chi connectivity index (χ3v) is 4.56. The smallest absolute Gasteiger partial charge is 0.238 e. The van der Waals surface area contributed by atoms with E-state index in [9.17, 15) is 4.79 Å². The van der Waals surface area contributed by atoms with Gasteiger partial charge in [-0.1, -0.05) is 19.1 Å². The van der Waals surface area contributed by atoms with Gasteiger partial charge in [-0.25, -0.2) is 0 Å². The molecule has 2 rings (SSSR count). The zero-order chi connectivity index (χ0) is 19.8. The number of benzene rings is 2. The molecule has 6 heteroatoms. The fourth-order valence-corrected chi connectivity index (χ4v) is 2.92. The molecule has 27 heavy (non-hydrogen) atoms. The summed E-state index contributed by atoms with van der Waals surface area (Å²) in [4.78, 5) is 14.7. The predicted octanol–water partition coefficient (Wildman–Crippen LogP) is 3.73. The maximum atomic E-state index is 12.6. The number of anilines is 1. The van der Waals surface area contributed by atoms with Crippen molar-refractivity contribution in [2.45, 2.75) is 19.9 Å². The van der Waals surface area contributed by atoms with Gasteiger partial charge in [0, 0.05) is 12.1 Å². The highest BCUT2D eigenvalue weighted by molar-refractivity contribution is 5.94. The molecule has 0 aliphatic heterocycles. The Bertz CT molecular complexity index is 764. The molecule has 0 aliphatic carbocycles. The van der Waals surface area contributed by atoms with E-state index in [2.05, 4.69) is 17.1 Å². The van der Waals surface area contributed by atoms with Crippen LogP contribution < -0.4 is 19.5 Å². The van der Waals surface area contributed by atoms with E-state index in [-0.39, 0.29) is 18.5 Å². The largest absolute Gasteiger partial charge is 0.497 e. The second-order valence-electron chi connectivity index (χ2n) is 6.13. The zero-order valence-corrected chi connectivity index (χ0v) is 16.6. The van der Waals surface area contributed by atoms with Gasteiger partial charge in [-0.3, -0.25) is 9.69 Å². The summed E-state index contributed by atoms with van der Waals surface area (Å²) >= 11 is 0. The minimum atomic E-state index is -0.113. The van der Waals surface area contributed by atoms with Crippen LogP contribution in [-0.2, 0) is 4.79 Å². The van der Waals surface area contributed by atoms with Crippen molar-refractivity contribution < 1.29 is 19.0 Å². The molecule has 2 aromatic rings. The van der Waals surface area contributed by atoms with Crippen LogP contribution >= 0.6 is 0 Å². The van der Waals surface area contributed by atoms with Crippen LogP contribution in [0.25, 0.3) is 0 Å². The Morgan fingerprint density at radius 2 is 1.74 bits per heavy atom. The third-order valence-electron chi connectivity index (χ3n) is 4.56. The van der Waals surface area contributed by atoms with Crippen LogP contribution in [0.4, 0.5) is 5.69 Å². The Hall–Kier alpha value is -2.73. The molecule has 0 radical (unpaired) electrons. The lowest BCUT2D eigenvalue weighted by Gasteiger charge is -2.28. The quantitative estimate of drug-likeness (QED) is 0.727. The molecule has 1 unspecified atom stereocenters. The first-order valence-corrected chi connectivity index (χ1v) is 8.92. The fraction of sp³-hybridized carbons (Fsp3) is 0.381. The minimum Gasteiger partial charge on any atom is -0.497 e. The number of amides is 1. The van der Waals surface area contributed by atoms with Crippen LogP contribution in [0.5, 0.6) is 17.2 Å². The summed E-state index contributed by atoms with van der Waals surface area (Å²) in [6.45, 7) is 5.12. The van der Waals surface area contributed by atoms with Gasteiger partial charge in [-0.05, 0) is 43.3 Å². The first kappa shape index (κ1) is 20.6. The van der Waals surface area contributed by atoms with Gasteiger partial charge in [0.25, 0.3) is 0 Å². The average Bonchev–Trinajstić information content (AvgIpc) is 2.71. The molecule has 0 aromatic heterocycles. The maximum absolute atomic E-state index is 12.6. The Morgan fingerprint density at radius 1 is 1.04 bits per heavy atom. The van der Waals surface area contributed by atoms with Gasteiger partial charge in [0.05, 0.1) is 33.6 Å². The van der Waals surface area contributed by atoms with Crippen LogP contribution in [-0.4, -0.2) is 45.2 Å². The van der Waals surface area contributed by atoms with Gasteiger partial charge in [0.1, 0.15) is 17.2 Å². The highest BCUT2D eigenvalue weighted by atomic mass is 16.5. The summed E-state index contributed by atoms with van der Waals surface area (Å²) in [6, 6.07) is 13.3. The molecule has 0 saturated carbocycles. The lowest BCUT2D eigenvalue weighted by molar-refractivity contribution is -0.117. The Labute approximate surface area is 161 Å². The van der Waals surface area contributed by atoms with Gasteiger partial charge < -0.3 is 19.5 Å². The number of hydrogen-bond donors (Lipinski definition) is 1. The average molecular weight is 372 g/mol. The molecular formula is C21H28N2O4. The van der Waals surface area contributed by atoms with E-state index in [4.69, 9.17) is 14.2 Å². The second kappa shape index (κ2) is 9.83. The highest BCUT2D eigenvalue weighted by Gasteiger charge is 2.19. The summed E-state index contributed by atoms with van der Waals surface area (Å²) in [5.74, 6) is 1.94. The highest BCUT2D eigenvalue weighted by Crippen LogP contribution is 2.29. The number of nitrogens with one attached hydrogen (secondary N) is 1. The first-order valence-electron chi connectivity index (χ1n) is 8.92. The molecule has 0 fully saturated rings. The number of hydrogen-bond acceptors (Lipinski definition) is 5. The van der Waals surface area contributed by atoms with Crippen molar-refractivity contribution in [1.82, 2.24) is 4.90 Å². The first-order chi connectivity index (χ1) is 13.0. The fourth-order valence-electron chi connectivity index (χ4n) is 2.92. The third kappa shape index (κ3) is 5.37. The Kier molecular flexibility index (Phi) is 7.49. The number of nitrogens with zero attached hydrogens (tertiary/aromatic N) is 1. The van der Waals surface area contributed by atoms with Crippen molar-refractivity contribution in [3.63, 3.8) is 0 Å². The zero-order valence-electron chi connectivity index (χ0n) is 16.6. The molecule has 1 amide bonds. The number of carbonyl (C=O) groups excluding carboxylic acids is 1. The van der Waals surface area contributed by atoms with E-state index < -0.39 is 0 Å². The van der Waals surface area contributed by atoms with Crippen LogP contribution in [0.2, 0.25) is 0 Å². The topological polar surface area (TPSA) is 60.0 Å². The molecule has 146 valence electrons. The molecule has 6 nitrogen and oxygen atoms in total. The standard InChI is InChI=1S/C21H28N2O4/c1-6-23(15(2)16-8-7-9-17(12-16)25-3)14-21(24)22-19-13-18(26-4)10-11-20(19)27-5/h7-13,15H,6,14H2,1-5H3,(H,22,24). The maximum Gasteiger partial charge on any atom is 0.238 e. The van der Waals surface area contributed by atoms with Crippen molar-refractivity contribution in [2.24, 2.45) is 0 Å². The molecular weight excluding hydrogens is 344 g/mol. The van der Waals surface area contributed by atoms with E-state index >= 15 is 0 Å². The Balaban J connectivity index is 2.10. The van der Waals surface area contributed by atoms with E-state index in [0.29, 0.717) is 17.2 Å². The van der Waals surface area contributed by atoms with Crippen LogP contribution in [0.3, 0.4) is 0 Å². The predicted molar refractivity (Wildman–Crippen MR) is 107 cm³/mol. The number of methoxy groups -OCH3 is 3. The molecule has 0 saturated heterocycles. The van der Waals surface area contributed by atoms with Gasteiger partial charge in [-0.15, -0.1) is 0 Å². The number of ether oxygens (including phenoxy) is 3. The molecule has 0 spiro atoms. The monoisotopic (exact) mass is 372 g/mol. The SMILES string of the molecule is CCN(CC(=O)Nc1cc(OC)ccc1OC)C(C)c1cccc(OC)c1. The summed E-state index contributed by atoms with van der Waals surface area (Å²) in [6.07, 6.45) is 0. The van der Waals surface area contributed by atoms with Crippen LogP contribution in [0.1, 0.15) is 25.5 Å². The molecule has 2 aromatic carbocycles. The van der Waals surface area contributed by atoms with Gasteiger partial charge in [0.15, 0.2) is 0 Å². The normalized spacial score (nSPS) is 11.8. The van der Waals surface area contributed by atoms with E-state index in [1.807, 2.05) is 31.2 Å². The van der Waals surface area contributed by atoms with Crippen LogP contribution in [0.15, 0.2) is 42.5 Å². The summed E-state index contributed by atoms with van der Waals surface area (Å²) in [7, 11) is 4.80. The van der Waals surface area contributed by atoms with E-state index in [1.165, 1.54) is 0 Å². The molecule has 1 atom stereocenters. The molecule has 0 bridgehead atoms. The molecule has 0 aliphatic rings. The minimum absolute atomic E-state index is 0.0723. The molecule has 0 heterocycles. The number of carbonyl (C=O) groups is 1. The van der Waals surface area contributed by atoms with Gasteiger partial charge in [-0.2, -0.15) is 0 Å². The van der Waals surface area contributed by atoms with E-state index in [1.54, 1.807) is 39.5 Å². The number of rotatable bonds is 9. The number of likely N-dealkylation sites (N-methyl/N-ethyl adjacent to an activating group) is 1. The lowest BCUT2D eigenvalue weighted by atomic mass is 10.1. The Morgan fingerprint density at radius 3 is 2.37 bits per heavy atom. The van der Waals surface area contributed by atoms with Crippen molar-refractivity contribution in [2.75, 3.05) is 39.7 Å². The van der Waals surface area contributed by atoms with Gasteiger partial charge in [0.2, 0.25) is 5.91 Å². The van der Waals surface area contributed by atoms with Crippen molar-refractivity contribution in [1.29, 1.82) is 0 Å². The summed E-state index contributed by atoms with van der Waals surface area (Å²) in [5.41, 5.74) is 1.69. The second-order valence-corrected chi connectivity index (χ2v) is 6.13. The summed E-state index contributed by atoms with van der Waals surface area (Å²) < 4.78 is 15.9. The van der Waals surface area contributed by atoms with Gasteiger partial charge >= 0.3 is 0 Å². The lowest BCUT2D eigenvalue weighted by Crippen LogP contribution is -2.35. The van der Waals surface area contributed by atoms with Crippen molar-refractivity contribution in [3.8, 4) is 17.2 Å². The van der Waals surface area contributed by atoms with Crippen molar-refractivity contribution >= 4 is 11.6 Å². The van der Waals surface area contributed by atoms with Crippen LogP contribution in [0, 0.1) is 0 Å². The summed E-state index contributed by atoms with van der Waals surface area (Å²) in [5, 5.41) is 2.92. The molecule has 1 N–H and O–H groups in total.